The molecule has 0 spiro atoms. The number of hydrogen-bond acceptors (Lipinski definition) is 7. The fourth-order valence-electron chi connectivity index (χ4n) is 2.97. The van der Waals surface area contributed by atoms with Gasteiger partial charge in [0, 0.05) is 0 Å². The van der Waals surface area contributed by atoms with Crippen LogP contribution in [0.15, 0.2) is 48.5 Å². The molecule has 1 heterocycles. The molecule has 1 aliphatic rings. The van der Waals surface area contributed by atoms with Crippen LogP contribution in [0.4, 0.5) is 0 Å². The Bertz CT molecular complexity index is 972. The lowest BCUT2D eigenvalue weighted by Crippen LogP contribution is -2.36. The molecule has 8 nitrogen and oxygen atoms in total. The van der Waals surface area contributed by atoms with E-state index in [1.54, 1.807) is 30.3 Å². The number of Topliss-reactive ketones (excluding diaryl/α,β-unsaturated/α-hetero) is 1. The van der Waals surface area contributed by atoms with Crippen molar-refractivity contribution in [2.45, 2.75) is 19.4 Å². The molecule has 0 radical (unpaired) electrons. The molecule has 0 aliphatic carbocycles. The lowest BCUT2D eigenvalue weighted by molar-refractivity contribution is -0.144. The van der Waals surface area contributed by atoms with Gasteiger partial charge in [-0.25, -0.2) is 0 Å². The van der Waals surface area contributed by atoms with Gasteiger partial charge in [-0.3, -0.25) is 24.1 Å². The number of esters is 1. The van der Waals surface area contributed by atoms with Crippen LogP contribution < -0.4 is 4.74 Å². The number of hydrogen-bond donors (Lipinski definition) is 1. The fraction of sp³-hybridized carbons (Fsp3) is 0.273. The minimum absolute atomic E-state index is 0.0516. The maximum atomic E-state index is 12.3. The molecule has 156 valence electrons. The maximum Gasteiger partial charge on any atom is 0.326 e. The molecule has 0 atom stereocenters. The number of nitrogens with zero attached hydrogens (tertiary/aromatic N) is 1. The molecular weight excluding hydrogens is 390 g/mol. The number of para-hydroxylation sites is 1. The first kappa shape index (κ1) is 21.2. The molecule has 0 fully saturated rings. The number of ether oxygens (including phenoxy) is 2. The number of amides is 2. The maximum absolute atomic E-state index is 12.3. The van der Waals surface area contributed by atoms with Crippen molar-refractivity contribution in [1.29, 1.82) is 0 Å². The molecule has 2 aromatic rings. The SMILES string of the molecule is CC(C)(O)C(=O)c1ccccc1OCCOC(=O)CN1C(=O)c2ccccc2C1=O. The average Bonchev–Trinajstić information content (AvgIpc) is 2.95. The number of ketones is 1. The molecule has 0 saturated carbocycles. The Morgan fingerprint density at radius 3 is 2.10 bits per heavy atom. The van der Waals surface area contributed by atoms with Crippen LogP contribution in [0.3, 0.4) is 0 Å². The number of fused-ring (bicyclic) bond motifs is 1. The standard InChI is InChI=1S/C22H21NO7/c1-22(2,28)19(25)16-9-5-6-10-17(16)29-11-12-30-18(24)13-23-20(26)14-7-3-4-8-15(14)21(23)27/h3-10,28H,11-13H2,1-2H3. The van der Waals surface area contributed by atoms with E-state index in [4.69, 9.17) is 9.47 Å². The summed E-state index contributed by atoms with van der Waals surface area (Å²) >= 11 is 0. The van der Waals surface area contributed by atoms with Gasteiger partial charge in [-0.05, 0) is 38.1 Å². The lowest BCUT2D eigenvalue weighted by atomic mass is 9.96. The molecule has 0 saturated heterocycles. The minimum Gasteiger partial charge on any atom is -0.489 e. The third-order valence-corrected chi connectivity index (χ3v) is 4.46. The van der Waals surface area contributed by atoms with Crippen molar-refractivity contribution >= 4 is 23.6 Å². The van der Waals surface area contributed by atoms with Gasteiger partial charge >= 0.3 is 5.97 Å². The number of rotatable bonds is 8. The van der Waals surface area contributed by atoms with E-state index in [9.17, 15) is 24.3 Å². The average molecular weight is 411 g/mol. The third-order valence-electron chi connectivity index (χ3n) is 4.46. The van der Waals surface area contributed by atoms with Gasteiger partial charge in [-0.1, -0.05) is 24.3 Å². The monoisotopic (exact) mass is 411 g/mol. The van der Waals surface area contributed by atoms with Crippen molar-refractivity contribution in [2.75, 3.05) is 19.8 Å². The summed E-state index contributed by atoms with van der Waals surface area (Å²) in [7, 11) is 0. The summed E-state index contributed by atoms with van der Waals surface area (Å²) in [5, 5.41) is 9.92. The lowest BCUT2D eigenvalue weighted by Gasteiger charge is -2.18. The summed E-state index contributed by atoms with van der Waals surface area (Å²) in [5.74, 6) is -2.08. The van der Waals surface area contributed by atoms with E-state index < -0.39 is 35.7 Å². The smallest absolute Gasteiger partial charge is 0.326 e. The van der Waals surface area contributed by atoms with E-state index >= 15 is 0 Å². The summed E-state index contributed by atoms with van der Waals surface area (Å²) in [4.78, 5) is 49.7. The van der Waals surface area contributed by atoms with Crippen LogP contribution in [0.1, 0.15) is 44.9 Å². The van der Waals surface area contributed by atoms with Gasteiger partial charge in [0.05, 0.1) is 16.7 Å². The van der Waals surface area contributed by atoms with Crippen molar-refractivity contribution in [3.8, 4) is 5.75 Å². The van der Waals surface area contributed by atoms with Crippen LogP contribution in [0.2, 0.25) is 0 Å². The van der Waals surface area contributed by atoms with Gasteiger partial charge in [0.2, 0.25) is 0 Å². The normalized spacial score (nSPS) is 13.2. The van der Waals surface area contributed by atoms with E-state index in [1.165, 1.54) is 32.0 Å². The minimum atomic E-state index is -1.56. The molecule has 2 amide bonds. The van der Waals surface area contributed by atoms with Crippen LogP contribution in [-0.4, -0.2) is 58.9 Å². The molecule has 1 aliphatic heterocycles. The van der Waals surface area contributed by atoms with E-state index in [0.717, 1.165) is 4.90 Å². The molecule has 30 heavy (non-hydrogen) atoms. The Kier molecular flexibility index (Phi) is 5.98. The fourth-order valence-corrected chi connectivity index (χ4v) is 2.97. The number of imide groups is 1. The Balaban J connectivity index is 1.52. The van der Waals surface area contributed by atoms with Crippen LogP contribution in [0.25, 0.3) is 0 Å². The summed E-state index contributed by atoms with van der Waals surface area (Å²) in [6.07, 6.45) is 0. The molecule has 8 heteroatoms. The predicted octanol–water partition coefficient (Wildman–Crippen LogP) is 1.86. The first-order chi connectivity index (χ1) is 14.2. The Morgan fingerprint density at radius 2 is 1.50 bits per heavy atom. The van der Waals surface area contributed by atoms with E-state index in [0.29, 0.717) is 0 Å². The summed E-state index contributed by atoms with van der Waals surface area (Å²) in [5.41, 5.74) is -0.834. The molecule has 3 rings (SSSR count). The molecule has 0 bridgehead atoms. The number of carbonyl (C=O) groups is 4. The van der Waals surface area contributed by atoms with Crippen LogP contribution in [0.5, 0.6) is 5.75 Å². The quantitative estimate of drug-likeness (QED) is 0.305. The third kappa shape index (κ3) is 4.38. The summed E-state index contributed by atoms with van der Waals surface area (Å²) < 4.78 is 10.6. The van der Waals surface area contributed by atoms with Gasteiger partial charge in [-0.15, -0.1) is 0 Å². The zero-order valence-corrected chi connectivity index (χ0v) is 16.6. The molecule has 0 aromatic heterocycles. The van der Waals surface area contributed by atoms with Crippen molar-refractivity contribution < 1.29 is 33.8 Å². The van der Waals surface area contributed by atoms with Crippen LogP contribution in [-0.2, 0) is 9.53 Å². The van der Waals surface area contributed by atoms with Crippen molar-refractivity contribution in [3.05, 3.63) is 65.2 Å². The zero-order valence-electron chi connectivity index (χ0n) is 16.6. The van der Waals surface area contributed by atoms with E-state index in [1.807, 2.05) is 0 Å². The van der Waals surface area contributed by atoms with E-state index in [-0.39, 0.29) is 35.7 Å². The largest absolute Gasteiger partial charge is 0.489 e. The van der Waals surface area contributed by atoms with Crippen molar-refractivity contribution in [2.24, 2.45) is 0 Å². The second-order valence-electron chi connectivity index (χ2n) is 7.20. The van der Waals surface area contributed by atoms with Crippen LogP contribution >= 0.6 is 0 Å². The van der Waals surface area contributed by atoms with Crippen molar-refractivity contribution in [1.82, 2.24) is 4.90 Å². The predicted molar refractivity (Wildman–Crippen MR) is 105 cm³/mol. The first-order valence-electron chi connectivity index (χ1n) is 9.30. The van der Waals surface area contributed by atoms with Crippen molar-refractivity contribution in [3.63, 3.8) is 0 Å². The summed E-state index contributed by atoms with van der Waals surface area (Å²) in [6, 6.07) is 12.8. The molecule has 0 unspecified atom stereocenters. The summed E-state index contributed by atoms with van der Waals surface area (Å²) in [6.45, 7) is 2.07. The van der Waals surface area contributed by atoms with Gasteiger partial charge in [0.25, 0.3) is 11.8 Å². The van der Waals surface area contributed by atoms with Crippen LogP contribution in [0, 0.1) is 0 Å². The highest BCUT2D eigenvalue weighted by molar-refractivity contribution is 6.22. The highest BCUT2D eigenvalue weighted by atomic mass is 16.6. The van der Waals surface area contributed by atoms with Gasteiger partial charge in [0.15, 0.2) is 5.78 Å². The number of carbonyl (C=O) groups excluding carboxylic acids is 4. The molecule has 2 aromatic carbocycles. The zero-order chi connectivity index (χ0) is 21.9. The first-order valence-corrected chi connectivity index (χ1v) is 9.30. The number of benzene rings is 2. The molecule has 1 N–H and O–H groups in total. The topological polar surface area (TPSA) is 110 Å². The van der Waals surface area contributed by atoms with E-state index in [2.05, 4.69) is 0 Å². The Hall–Kier alpha value is -3.52. The highest BCUT2D eigenvalue weighted by Gasteiger charge is 2.36. The second kappa shape index (κ2) is 8.46. The molecular formula is C22H21NO7. The Labute approximate surface area is 173 Å². The van der Waals surface area contributed by atoms with Gasteiger partial charge in [0.1, 0.15) is 31.1 Å². The van der Waals surface area contributed by atoms with Gasteiger partial charge in [-0.2, -0.15) is 0 Å². The highest BCUT2D eigenvalue weighted by Crippen LogP contribution is 2.24. The Morgan fingerprint density at radius 1 is 0.933 bits per heavy atom. The number of aliphatic hydroxyl groups is 1. The van der Waals surface area contributed by atoms with Gasteiger partial charge < -0.3 is 14.6 Å². The second-order valence-corrected chi connectivity index (χ2v) is 7.20.